The van der Waals surface area contributed by atoms with E-state index in [-0.39, 0.29) is 23.1 Å². The van der Waals surface area contributed by atoms with Gasteiger partial charge in [-0.2, -0.15) is 0 Å². The number of aromatic nitrogens is 1. The monoisotopic (exact) mass is 486 g/mol. The Balaban J connectivity index is 1.27. The number of rotatable bonds is 5. The van der Waals surface area contributed by atoms with Gasteiger partial charge in [0.05, 0.1) is 4.90 Å². The molecule has 2 fully saturated rings. The van der Waals surface area contributed by atoms with Crippen LogP contribution in [-0.2, 0) is 26.0 Å². The first-order valence-electron chi connectivity index (χ1n) is 10.8. The van der Waals surface area contributed by atoms with Crippen LogP contribution in [0, 0.1) is 0 Å². The highest BCUT2D eigenvalue weighted by Gasteiger charge is 2.44. The predicted octanol–water partition coefficient (Wildman–Crippen LogP) is 2.20. The van der Waals surface area contributed by atoms with E-state index in [9.17, 15) is 18.0 Å². The van der Waals surface area contributed by atoms with Gasteiger partial charge in [-0.15, -0.1) is 0 Å². The summed E-state index contributed by atoms with van der Waals surface area (Å²) in [5.74, 6) is -0.390. The molecular weight excluding hydrogens is 464 g/mol. The summed E-state index contributed by atoms with van der Waals surface area (Å²) in [6, 6.07) is 11.9. The number of nitrogens with zero attached hydrogens (tertiary/aromatic N) is 1. The quantitative estimate of drug-likeness (QED) is 0.513. The van der Waals surface area contributed by atoms with E-state index < -0.39 is 28.1 Å². The lowest BCUT2D eigenvalue weighted by Gasteiger charge is -2.44. The van der Waals surface area contributed by atoms with Crippen LogP contribution < -0.4 is 10.0 Å². The minimum absolute atomic E-state index is 0.109. The molecule has 5 rings (SSSR count). The Morgan fingerprint density at radius 1 is 1.09 bits per heavy atom. The third kappa shape index (κ3) is 4.23. The van der Waals surface area contributed by atoms with E-state index in [2.05, 4.69) is 15.0 Å². The number of nitrogens with one attached hydrogen (secondary N) is 3. The first-order valence-corrected chi connectivity index (χ1v) is 12.6. The number of aromatic amines is 1. The molecule has 8 nitrogen and oxygen atoms in total. The molecule has 0 bridgehead atoms. The van der Waals surface area contributed by atoms with Gasteiger partial charge in [0.1, 0.15) is 12.1 Å². The van der Waals surface area contributed by atoms with Crippen molar-refractivity contribution in [3.8, 4) is 0 Å². The molecule has 2 aliphatic heterocycles. The number of piperidine rings is 1. The molecule has 3 aromatic rings. The van der Waals surface area contributed by atoms with Crippen LogP contribution in [0.15, 0.2) is 59.6 Å². The molecule has 3 unspecified atom stereocenters. The lowest BCUT2D eigenvalue weighted by atomic mass is 9.92. The summed E-state index contributed by atoms with van der Waals surface area (Å²) in [6.45, 7) is 0.315. The number of H-pyrrole nitrogens is 1. The van der Waals surface area contributed by atoms with Crippen molar-refractivity contribution < 1.29 is 18.0 Å². The minimum atomic E-state index is -3.76. The number of hydrogen-bond acceptors (Lipinski definition) is 4. The van der Waals surface area contributed by atoms with Gasteiger partial charge in [-0.25, -0.2) is 13.1 Å². The number of halogens is 1. The van der Waals surface area contributed by atoms with Crippen LogP contribution >= 0.6 is 11.6 Å². The number of para-hydroxylation sites is 1. The van der Waals surface area contributed by atoms with Crippen LogP contribution in [0.4, 0.5) is 0 Å². The summed E-state index contributed by atoms with van der Waals surface area (Å²) < 4.78 is 28.1. The summed E-state index contributed by atoms with van der Waals surface area (Å²) in [7, 11) is -3.76. The first kappa shape index (κ1) is 21.9. The topological polar surface area (TPSA) is 111 Å². The molecule has 3 atom stereocenters. The van der Waals surface area contributed by atoms with Crippen molar-refractivity contribution in [2.45, 2.75) is 42.3 Å². The normalized spacial score (nSPS) is 23.4. The largest absolute Gasteiger partial charge is 0.361 e. The van der Waals surface area contributed by atoms with Gasteiger partial charge in [0, 0.05) is 41.1 Å². The molecule has 33 heavy (non-hydrogen) atoms. The van der Waals surface area contributed by atoms with Gasteiger partial charge in [0.15, 0.2) is 0 Å². The predicted molar refractivity (Wildman–Crippen MR) is 124 cm³/mol. The Morgan fingerprint density at radius 3 is 2.64 bits per heavy atom. The Labute approximate surface area is 196 Å². The van der Waals surface area contributed by atoms with E-state index in [0.29, 0.717) is 24.4 Å². The molecule has 10 heteroatoms. The van der Waals surface area contributed by atoms with Crippen molar-refractivity contribution in [2.75, 3.05) is 6.54 Å². The lowest BCUT2D eigenvalue weighted by molar-refractivity contribution is -0.151. The van der Waals surface area contributed by atoms with Crippen molar-refractivity contribution in [1.29, 1.82) is 0 Å². The number of sulfonamides is 1. The van der Waals surface area contributed by atoms with Gasteiger partial charge in [-0.05, 0) is 48.7 Å². The van der Waals surface area contributed by atoms with Crippen LogP contribution in [-0.4, -0.2) is 54.8 Å². The molecule has 2 aromatic carbocycles. The second-order valence-corrected chi connectivity index (χ2v) is 10.6. The molecule has 0 saturated carbocycles. The molecular formula is C23H23ClN4O4S. The molecule has 2 amide bonds. The van der Waals surface area contributed by atoms with E-state index >= 15 is 0 Å². The maximum Gasteiger partial charge on any atom is 0.246 e. The summed E-state index contributed by atoms with van der Waals surface area (Å²) in [6.07, 6.45) is 2.92. The highest BCUT2D eigenvalue weighted by Crippen LogP contribution is 2.26. The Bertz CT molecular complexity index is 1320. The number of piperazine rings is 1. The zero-order chi connectivity index (χ0) is 23.2. The number of benzene rings is 2. The van der Waals surface area contributed by atoms with Crippen LogP contribution in [0.3, 0.4) is 0 Å². The zero-order valence-corrected chi connectivity index (χ0v) is 19.2. The number of hydrogen-bond donors (Lipinski definition) is 3. The third-order valence-electron chi connectivity index (χ3n) is 6.35. The highest BCUT2D eigenvalue weighted by atomic mass is 35.5. The zero-order valence-electron chi connectivity index (χ0n) is 17.6. The fourth-order valence-corrected chi connectivity index (χ4v) is 6.08. The van der Waals surface area contributed by atoms with Crippen molar-refractivity contribution in [1.82, 2.24) is 19.9 Å². The molecule has 3 heterocycles. The Hall–Kier alpha value is -2.88. The van der Waals surface area contributed by atoms with Gasteiger partial charge in [-0.3, -0.25) is 9.59 Å². The van der Waals surface area contributed by atoms with E-state index in [4.69, 9.17) is 11.6 Å². The fourth-order valence-electron chi connectivity index (χ4n) is 4.67. The second-order valence-electron chi connectivity index (χ2n) is 8.47. The van der Waals surface area contributed by atoms with E-state index in [1.807, 2.05) is 30.5 Å². The molecule has 0 aliphatic carbocycles. The number of carbonyl (C=O) groups is 2. The average molecular weight is 487 g/mol. The van der Waals surface area contributed by atoms with E-state index in [1.165, 1.54) is 24.3 Å². The lowest BCUT2D eigenvalue weighted by Crippen LogP contribution is -2.67. The highest BCUT2D eigenvalue weighted by molar-refractivity contribution is 7.89. The van der Waals surface area contributed by atoms with Crippen LogP contribution in [0.25, 0.3) is 10.9 Å². The standard InChI is InChI=1S/C23H23ClN4O4S/c24-15-5-7-17(8-6-15)33(31,32)27-16-9-10-28-21(12-16)22(29)26-20(23(28)30)11-14-13-25-19-4-2-1-3-18(14)19/h1-8,13,16,20-21,25,27H,9-12H2,(H,26,29). The summed E-state index contributed by atoms with van der Waals surface area (Å²) in [5, 5.41) is 4.32. The van der Waals surface area contributed by atoms with Gasteiger partial charge in [0.25, 0.3) is 0 Å². The fraction of sp³-hybridized carbons (Fsp3) is 0.304. The Kier molecular flexibility index (Phi) is 5.64. The SMILES string of the molecule is O=C1NC(Cc2c[nH]c3ccccc23)C(=O)N2CCC(NS(=O)(=O)c3ccc(Cl)cc3)CC12. The number of carbonyl (C=O) groups excluding carboxylic acids is 2. The van der Waals surface area contributed by atoms with Crippen molar-refractivity contribution in [2.24, 2.45) is 0 Å². The van der Waals surface area contributed by atoms with Crippen molar-refractivity contribution in [3.05, 3.63) is 65.3 Å². The second kappa shape index (κ2) is 8.48. The van der Waals surface area contributed by atoms with E-state index in [0.717, 1.165) is 16.5 Å². The molecule has 172 valence electrons. The van der Waals surface area contributed by atoms with Gasteiger partial charge in [-0.1, -0.05) is 29.8 Å². The van der Waals surface area contributed by atoms with Crippen molar-refractivity contribution >= 4 is 44.3 Å². The summed E-state index contributed by atoms with van der Waals surface area (Å²) >= 11 is 5.85. The van der Waals surface area contributed by atoms with Crippen LogP contribution in [0.1, 0.15) is 18.4 Å². The Morgan fingerprint density at radius 2 is 1.85 bits per heavy atom. The molecule has 2 aliphatic rings. The van der Waals surface area contributed by atoms with Crippen LogP contribution in [0.5, 0.6) is 0 Å². The first-order chi connectivity index (χ1) is 15.8. The smallest absolute Gasteiger partial charge is 0.246 e. The maximum atomic E-state index is 13.2. The van der Waals surface area contributed by atoms with Crippen molar-refractivity contribution in [3.63, 3.8) is 0 Å². The van der Waals surface area contributed by atoms with Gasteiger partial charge >= 0.3 is 0 Å². The summed E-state index contributed by atoms with van der Waals surface area (Å²) in [4.78, 5) is 30.9. The van der Waals surface area contributed by atoms with Gasteiger partial charge in [0.2, 0.25) is 21.8 Å². The number of fused-ring (bicyclic) bond motifs is 2. The minimum Gasteiger partial charge on any atom is -0.361 e. The molecule has 0 spiro atoms. The molecule has 2 saturated heterocycles. The maximum absolute atomic E-state index is 13.2. The number of amides is 2. The molecule has 0 radical (unpaired) electrons. The van der Waals surface area contributed by atoms with E-state index in [1.54, 1.807) is 4.90 Å². The molecule has 1 aromatic heterocycles. The van der Waals surface area contributed by atoms with Crippen LogP contribution in [0.2, 0.25) is 5.02 Å². The summed E-state index contributed by atoms with van der Waals surface area (Å²) in [5.41, 5.74) is 1.95. The third-order valence-corrected chi connectivity index (χ3v) is 8.14. The van der Waals surface area contributed by atoms with Gasteiger partial charge < -0.3 is 15.2 Å². The average Bonchev–Trinajstić information content (AvgIpc) is 3.20. The molecule has 3 N–H and O–H groups in total.